The second-order valence-corrected chi connectivity index (χ2v) is 5.61. The van der Waals surface area contributed by atoms with Gasteiger partial charge in [0.15, 0.2) is 6.10 Å². The average Bonchev–Trinajstić information content (AvgIpc) is 2.61. The number of esters is 1. The lowest BCUT2D eigenvalue weighted by atomic mass is 10.1. The van der Waals surface area contributed by atoms with E-state index in [-0.39, 0.29) is 5.69 Å². The number of carbonyl (C=O) groups is 2. The summed E-state index contributed by atoms with van der Waals surface area (Å²) in [5.41, 5.74) is -0.845. The van der Waals surface area contributed by atoms with Crippen molar-refractivity contribution in [1.82, 2.24) is 4.90 Å². The molecular weight excluding hydrogens is 372 g/mol. The first-order valence-corrected chi connectivity index (χ1v) is 8.15. The number of amides is 2. The van der Waals surface area contributed by atoms with Crippen molar-refractivity contribution in [3.8, 4) is 5.75 Å². The maximum Gasteiger partial charge on any atom is 0.425 e. The first-order chi connectivity index (χ1) is 12.5. The summed E-state index contributed by atoms with van der Waals surface area (Å²) >= 11 is 0. The van der Waals surface area contributed by atoms with Crippen LogP contribution in [0, 0.1) is 5.82 Å². The third-order valence-corrected chi connectivity index (χ3v) is 3.90. The van der Waals surface area contributed by atoms with E-state index in [1.54, 1.807) is 13.8 Å². The lowest BCUT2D eigenvalue weighted by molar-refractivity contribution is -0.189. The Morgan fingerprint density at radius 2 is 1.74 bits per heavy atom. The van der Waals surface area contributed by atoms with Crippen molar-refractivity contribution in [3.05, 3.63) is 23.5 Å². The SMILES string of the molecule is CCN(CC)C(=O)N(C)c1cc(O[C@@H](C)C(F)(F)F)c(C(=O)OC)cc1F. The number of nitrogens with zero attached hydrogens (tertiary/aromatic N) is 2. The maximum atomic E-state index is 14.5. The highest BCUT2D eigenvalue weighted by Crippen LogP contribution is 2.33. The number of alkyl halides is 3. The monoisotopic (exact) mass is 394 g/mol. The lowest BCUT2D eigenvalue weighted by Gasteiger charge is -2.27. The number of rotatable bonds is 6. The molecule has 0 unspecified atom stereocenters. The second-order valence-electron chi connectivity index (χ2n) is 5.61. The van der Waals surface area contributed by atoms with Crippen LogP contribution in [-0.2, 0) is 4.74 Å². The Labute approximate surface area is 154 Å². The molecule has 0 N–H and O–H groups in total. The molecule has 1 aromatic rings. The van der Waals surface area contributed by atoms with Crippen molar-refractivity contribution in [2.45, 2.75) is 33.1 Å². The van der Waals surface area contributed by atoms with Crippen LogP contribution in [0.15, 0.2) is 12.1 Å². The number of hydrogen-bond donors (Lipinski definition) is 0. The van der Waals surface area contributed by atoms with Gasteiger partial charge in [0, 0.05) is 26.2 Å². The van der Waals surface area contributed by atoms with Gasteiger partial charge in [-0.25, -0.2) is 14.0 Å². The van der Waals surface area contributed by atoms with E-state index in [1.165, 1.54) is 11.9 Å². The molecule has 0 radical (unpaired) electrons. The molecule has 0 aliphatic carbocycles. The van der Waals surface area contributed by atoms with Crippen molar-refractivity contribution in [2.24, 2.45) is 0 Å². The summed E-state index contributed by atoms with van der Waals surface area (Å²) in [6.07, 6.45) is -6.96. The molecule has 0 aliphatic heterocycles. The molecule has 0 saturated heterocycles. The molecule has 0 bridgehead atoms. The van der Waals surface area contributed by atoms with Crippen molar-refractivity contribution in [3.63, 3.8) is 0 Å². The van der Waals surface area contributed by atoms with Gasteiger partial charge in [0.1, 0.15) is 17.1 Å². The number of methoxy groups -OCH3 is 1. The summed E-state index contributed by atoms with van der Waals surface area (Å²) in [5, 5.41) is 0. The van der Waals surface area contributed by atoms with E-state index >= 15 is 0 Å². The number of benzene rings is 1. The van der Waals surface area contributed by atoms with E-state index in [9.17, 15) is 27.2 Å². The highest BCUT2D eigenvalue weighted by molar-refractivity contribution is 5.96. The fraction of sp³-hybridized carbons (Fsp3) is 0.529. The van der Waals surface area contributed by atoms with Gasteiger partial charge in [-0.1, -0.05) is 0 Å². The minimum absolute atomic E-state index is 0.330. The molecule has 0 saturated carbocycles. The van der Waals surface area contributed by atoms with Crippen LogP contribution in [0.25, 0.3) is 0 Å². The lowest BCUT2D eigenvalue weighted by Crippen LogP contribution is -2.41. The maximum absolute atomic E-state index is 14.5. The van der Waals surface area contributed by atoms with Crippen LogP contribution in [0.2, 0.25) is 0 Å². The van der Waals surface area contributed by atoms with Crippen LogP contribution in [0.3, 0.4) is 0 Å². The molecule has 2 amide bonds. The predicted molar refractivity (Wildman–Crippen MR) is 90.6 cm³/mol. The highest BCUT2D eigenvalue weighted by Gasteiger charge is 2.39. The highest BCUT2D eigenvalue weighted by atomic mass is 19.4. The van der Waals surface area contributed by atoms with Crippen LogP contribution in [0.1, 0.15) is 31.1 Å². The minimum Gasteiger partial charge on any atom is -0.480 e. The fourth-order valence-electron chi connectivity index (χ4n) is 2.23. The van der Waals surface area contributed by atoms with Crippen molar-refractivity contribution >= 4 is 17.7 Å². The van der Waals surface area contributed by atoms with Crippen molar-refractivity contribution in [1.29, 1.82) is 0 Å². The number of carbonyl (C=O) groups excluding carboxylic acids is 2. The Morgan fingerprint density at radius 1 is 1.19 bits per heavy atom. The van der Waals surface area contributed by atoms with Gasteiger partial charge in [-0.05, 0) is 26.8 Å². The van der Waals surface area contributed by atoms with Gasteiger partial charge in [-0.2, -0.15) is 13.2 Å². The molecule has 1 aromatic carbocycles. The summed E-state index contributed by atoms with van der Waals surface area (Å²) in [6.45, 7) is 4.91. The first-order valence-electron chi connectivity index (χ1n) is 8.15. The smallest absolute Gasteiger partial charge is 0.425 e. The number of hydrogen-bond acceptors (Lipinski definition) is 4. The molecule has 0 aliphatic rings. The molecule has 152 valence electrons. The van der Waals surface area contributed by atoms with Gasteiger partial charge >= 0.3 is 18.2 Å². The molecule has 0 heterocycles. The van der Waals surface area contributed by atoms with Gasteiger partial charge in [0.05, 0.1) is 12.8 Å². The fourth-order valence-corrected chi connectivity index (χ4v) is 2.23. The molecule has 1 rings (SSSR count). The van der Waals surface area contributed by atoms with E-state index in [0.717, 1.165) is 25.0 Å². The molecule has 10 heteroatoms. The summed E-state index contributed by atoms with van der Waals surface area (Å²) in [4.78, 5) is 26.5. The number of urea groups is 1. The van der Waals surface area contributed by atoms with Crippen LogP contribution in [0.5, 0.6) is 5.75 Å². The van der Waals surface area contributed by atoms with Gasteiger partial charge < -0.3 is 14.4 Å². The molecule has 0 fully saturated rings. The molecule has 27 heavy (non-hydrogen) atoms. The van der Waals surface area contributed by atoms with E-state index in [2.05, 4.69) is 4.74 Å². The average molecular weight is 394 g/mol. The summed E-state index contributed by atoms with van der Waals surface area (Å²) < 4.78 is 62.3. The van der Waals surface area contributed by atoms with Crippen LogP contribution >= 0.6 is 0 Å². The van der Waals surface area contributed by atoms with E-state index in [4.69, 9.17) is 4.74 Å². The molecule has 1 atom stereocenters. The summed E-state index contributed by atoms with van der Waals surface area (Å²) in [6, 6.07) is 1.01. The van der Waals surface area contributed by atoms with E-state index < -0.39 is 41.4 Å². The number of ether oxygens (including phenoxy) is 2. The van der Waals surface area contributed by atoms with Crippen LogP contribution in [-0.4, -0.2) is 56.4 Å². The Kier molecular flexibility index (Phi) is 7.44. The Morgan fingerprint density at radius 3 is 2.19 bits per heavy atom. The molecule has 0 aromatic heterocycles. The zero-order valence-corrected chi connectivity index (χ0v) is 15.7. The third-order valence-electron chi connectivity index (χ3n) is 3.90. The van der Waals surface area contributed by atoms with Gasteiger partial charge in [0.2, 0.25) is 0 Å². The van der Waals surface area contributed by atoms with Gasteiger partial charge in [0.25, 0.3) is 0 Å². The zero-order chi connectivity index (χ0) is 20.9. The predicted octanol–water partition coefficient (Wildman–Crippen LogP) is 3.84. The summed E-state index contributed by atoms with van der Waals surface area (Å²) in [7, 11) is 2.27. The Balaban J connectivity index is 3.41. The molecular formula is C17H22F4N2O4. The second kappa shape index (κ2) is 8.92. The van der Waals surface area contributed by atoms with E-state index in [0.29, 0.717) is 19.2 Å². The number of halogens is 4. The van der Waals surface area contributed by atoms with Crippen LogP contribution in [0.4, 0.5) is 28.0 Å². The Hall–Kier alpha value is -2.52. The van der Waals surface area contributed by atoms with Crippen LogP contribution < -0.4 is 9.64 Å². The largest absolute Gasteiger partial charge is 0.480 e. The number of anilines is 1. The molecule has 6 nitrogen and oxygen atoms in total. The van der Waals surface area contributed by atoms with Crippen molar-refractivity contribution in [2.75, 3.05) is 32.1 Å². The van der Waals surface area contributed by atoms with Gasteiger partial charge in [-0.15, -0.1) is 0 Å². The third kappa shape index (κ3) is 5.24. The van der Waals surface area contributed by atoms with Gasteiger partial charge in [-0.3, -0.25) is 4.90 Å². The molecule has 0 spiro atoms. The quantitative estimate of drug-likeness (QED) is 0.543. The van der Waals surface area contributed by atoms with E-state index in [1.807, 2.05) is 0 Å². The topological polar surface area (TPSA) is 59.1 Å². The summed E-state index contributed by atoms with van der Waals surface area (Å²) in [5.74, 6) is -2.59. The minimum atomic E-state index is -4.70. The Bertz CT molecular complexity index is 690. The zero-order valence-electron chi connectivity index (χ0n) is 15.7. The standard InChI is InChI=1S/C17H22F4N2O4/c1-6-23(7-2)16(25)22(4)13-9-14(27-10(3)17(19,20)21)11(8-12(13)18)15(24)26-5/h8-10H,6-7H2,1-5H3/t10-/m0/s1. The normalized spacial score (nSPS) is 12.3. The van der Waals surface area contributed by atoms with Crippen molar-refractivity contribution < 1.29 is 36.6 Å². The first kappa shape index (κ1) is 22.5.